The van der Waals surface area contributed by atoms with Gasteiger partial charge in [-0.2, -0.15) is 0 Å². The van der Waals surface area contributed by atoms with Crippen LogP contribution < -0.4 is 0 Å². The summed E-state index contributed by atoms with van der Waals surface area (Å²) in [6.45, 7) is 7.53. The second kappa shape index (κ2) is 4.47. The smallest absolute Gasteiger partial charge is 0.0292 e. The summed E-state index contributed by atoms with van der Waals surface area (Å²) >= 11 is 0. The third kappa shape index (κ3) is 2.57. The van der Waals surface area contributed by atoms with Crippen LogP contribution in [0.15, 0.2) is 0 Å². The van der Waals surface area contributed by atoms with Crippen molar-refractivity contribution in [3.63, 3.8) is 0 Å². The summed E-state index contributed by atoms with van der Waals surface area (Å²) in [5.41, 5.74) is 0.692. The molecule has 88 valence electrons. The van der Waals surface area contributed by atoms with Gasteiger partial charge in [-0.05, 0) is 55.3 Å². The Bertz CT molecular complexity index is 190. The van der Waals surface area contributed by atoms with Gasteiger partial charge in [0.05, 0.1) is 0 Å². The predicted molar refractivity (Wildman–Crippen MR) is 66.9 cm³/mol. The summed E-state index contributed by atoms with van der Waals surface area (Å²) in [7, 11) is 0. The highest BCUT2D eigenvalue weighted by molar-refractivity contribution is 4.90. The first kappa shape index (κ1) is 11.5. The van der Waals surface area contributed by atoms with Crippen LogP contribution in [0.3, 0.4) is 0 Å². The van der Waals surface area contributed by atoms with E-state index < -0.39 is 0 Å². The second-order valence-electron chi connectivity index (χ2n) is 6.84. The van der Waals surface area contributed by atoms with Crippen molar-refractivity contribution in [2.24, 2.45) is 23.2 Å². The molecule has 0 aromatic rings. The van der Waals surface area contributed by atoms with E-state index in [0.29, 0.717) is 5.41 Å². The van der Waals surface area contributed by atoms with Gasteiger partial charge in [0.1, 0.15) is 0 Å². The summed E-state index contributed by atoms with van der Waals surface area (Å²) in [6, 6.07) is 0. The standard InChI is InChI=1S/C15H28/c1-12-9-13(2)11-15(3,10-12)14-7-5-4-6-8-14/h12-14H,4-11H2,1-3H3. The Morgan fingerprint density at radius 1 is 0.867 bits per heavy atom. The number of hydrogen-bond donors (Lipinski definition) is 0. The lowest BCUT2D eigenvalue weighted by molar-refractivity contribution is 0.0380. The van der Waals surface area contributed by atoms with Gasteiger partial charge in [-0.3, -0.25) is 0 Å². The highest BCUT2D eigenvalue weighted by Gasteiger charge is 2.40. The highest BCUT2D eigenvalue weighted by Crippen LogP contribution is 2.50. The van der Waals surface area contributed by atoms with Gasteiger partial charge in [-0.25, -0.2) is 0 Å². The molecule has 2 saturated carbocycles. The molecule has 0 amide bonds. The molecule has 0 saturated heterocycles. The van der Waals surface area contributed by atoms with Gasteiger partial charge >= 0.3 is 0 Å². The zero-order valence-corrected chi connectivity index (χ0v) is 10.9. The Kier molecular flexibility index (Phi) is 3.42. The molecular formula is C15H28. The van der Waals surface area contributed by atoms with Crippen LogP contribution >= 0.6 is 0 Å². The first-order valence-corrected chi connectivity index (χ1v) is 7.10. The van der Waals surface area contributed by atoms with Crippen LogP contribution in [0.25, 0.3) is 0 Å². The SMILES string of the molecule is CC1CC(C)CC(C)(C2CCCCC2)C1. The van der Waals surface area contributed by atoms with Gasteiger partial charge in [0.15, 0.2) is 0 Å². The topological polar surface area (TPSA) is 0 Å². The first-order chi connectivity index (χ1) is 7.10. The van der Waals surface area contributed by atoms with Crippen LogP contribution in [0.1, 0.15) is 72.1 Å². The Balaban J connectivity index is 2.02. The molecule has 2 aliphatic rings. The van der Waals surface area contributed by atoms with Crippen LogP contribution in [-0.2, 0) is 0 Å². The van der Waals surface area contributed by atoms with Crippen molar-refractivity contribution in [1.82, 2.24) is 0 Å². The van der Waals surface area contributed by atoms with Gasteiger partial charge < -0.3 is 0 Å². The molecular weight excluding hydrogens is 180 g/mol. The van der Waals surface area contributed by atoms with Crippen molar-refractivity contribution in [1.29, 1.82) is 0 Å². The fourth-order valence-corrected chi connectivity index (χ4v) is 4.66. The molecule has 0 N–H and O–H groups in total. The average molecular weight is 208 g/mol. The predicted octanol–water partition coefficient (Wildman–Crippen LogP) is 5.03. The van der Waals surface area contributed by atoms with Gasteiger partial charge in [-0.1, -0.05) is 40.0 Å². The molecule has 2 unspecified atom stereocenters. The molecule has 0 aromatic heterocycles. The van der Waals surface area contributed by atoms with Crippen molar-refractivity contribution < 1.29 is 0 Å². The lowest BCUT2D eigenvalue weighted by Gasteiger charge is -2.47. The normalized spacial score (nSPS) is 44.2. The fraction of sp³-hybridized carbons (Fsp3) is 1.00. The molecule has 2 fully saturated rings. The fourth-order valence-electron chi connectivity index (χ4n) is 4.66. The van der Waals surface area contributed by atoms with E-state index >= 15 is 0 Å². The van der Waals surface area contributed by atoms with Crippen LogP contribution in [0, 0.1) is 23.2 Å². The summed E-state index contributed by atoms with van der Waals surface area (Å²) in [5, 5.41) is 0. The van der Waals surface area contributed by atoms with Crippen LogP contribution in [0.4, 0.5) is 0 Å². The maximum Gasteiger partial charge on any atom is -0.0292 e. The third-order valence-electron chi connectivity index (χ3n) is 5.03. The van der Waals surface area contributed by atoms with E-state index in [9.17, 15) is 0 Å². The van der Waals surface area contributed by atoms with Crippen molar-refractivity contribution in [3.05, 3.63) is 0 Å². The summed E-state index contributed by atoms with van der Waals surface area (Å²) < 4.78 is 0. The maximum atomic E-state index is 2.59. The number of rotatable bonds is 1. The van der Waals surface area contributed by atoms with Crippen molar-refractivity contribution in [2.75, 3.05) is 0 Å². The maximum absolute atomic E-state index is 2.59. The minimum Gasteiger partial charge on any atom is -0.0625 e. The molecule has 2 rings (SSSR count). The van der Waals surface area contributed by atoms with Gasteiger partial charge in [0, 0.05) is 0 Å². The van der Waals surface area contributed by atoms with Crippen LogP contribution in [0.2, 0.25) is 0 Å². The number of hydrogen-bond acceptors (Lipinski definition) is 0. The largest absolute Gasteiger partial charge is 0.0625 e. The van der Waals surface area contributed by atoms with E-state index in [-0.39, 0.29) is 0 Å². The molecule has 0 radical (unpaired) electrons. The molecule has 0 heteroatoms. The van der Waals surface area contributed by atoms with E-state index in [2.05, 4.69) is 20.8 Å². The van der Waals surface area contributed by atoms with E-state index in [1.807, 2.05) is 0 Å². The zero-order valence-electron chi connectivity index (χ0n) is 10.9. The van der Waals surface area contributed by atoms with E-state index in [0.717, 1.165) is 17.8 Å². The minimum absolute atomic E-state index is 0.692. The van der Waals surface area contributed by atoms with Crippen molar-refractivity contribution in [2.45, 2.75) is 72.1 Å². The molecule has 0 spiro atoms. The minimum atomic E-state index is 0.692. The Labute approximate surface area is 95.8 Å². The lowest BCUT2D eigenvalue weighted by atomic mass is 9.58. The summed E-state index contributed by atoms with van der Waals surface area (Å²) in [6.07, 6.45) is 12.0. The third-order valence-corrected chi connectivity index (χ3v) is 5.03. The molecule has 2 atom stereocenters. The van der Waals surface area contributed by atoms with Crippen LogP contribution in [0.5, 0.6) is 0 Å². The van der Waals surface area contributed by atoms with E-state index in [1.165, 1.54) is 51.4 Å². The van der Waals surface area contributed by atoms with Gasteiger partial charge in [0.2, 0.25) is 0 Å². The Hall–Kier alpha value is 0. The Morgan fingerprint density at radius 2 is 1.40 bits per heavy atom. The van der Waals surface area contributed by atoms with Crippen molar-refractivity contribution in [3.8, 4) is 0 Å². The van der Waals surface area contributed by atoms with Gasteiger partial charge in [-0.15, -0.1) is 0 Å². The zero-order chi connectivity index (χ0) is 10.9. The summed E-state index contributed by atoms with van der Waals surface area (Å²) in [4.78, 5) is 0. The Morgan fingerprint density at radius 3 is 1.93 bits per heavy atom. The van der Waals surface area contributed by atoms with E-state index in [4.69, 9.17) is 0 Å². The molecule has 15 heavy (non-hydrogen) atoms. The molecule has 2 aliphatic carbocycles. The van der Waals surface area contributed by atoms with Gasteiger partial charge in [0.25, 0.3) is 0 Å². The lowest BCUT2D eigenvalue weighted by Crippen LogP contribution is -2.36. The first-order valence-electron chi connectivity index (χ1n) is 7.10. The molecule has 0 aliphatic heterocycles. The average Bonchev–Trinajstić information content (AvgIpc) is 2.17. The monoisotopic (exact) mass is 208 g/mol. The van der Waals surface area contributed by atoms with E-state index in [1.54, 1.807) is 0 Å². The quantitative estimate of drug-likeness (QED) is 0.567. The van der Waals surface area contributed by atoms with Crippen molar-refractivity contribution >= 4 is 0 Å². The highest BCUT2D eigenvalue weighted by atomic mass is 14.4. The molecule has 0 aromatic carbocycles. The van der Waals surface area contributed by atoms with Crippen LogP contribution in [-0.4, -0.2) is 0 Å². The second-order valence-corrected chi connectivity index (χ2v) is 6.84. The summed E-state index contributed by atoms with van der Waals surface area (Å²) in [5.74, 6) is 3.00. The molecule has 0 heterocycles. The molecule has 0 nitrogen and oxygen atoms in total. The molecule has 0 bridgehead atoms.